The zero-order valence-electron chi connectivity index (χ0n) is 16.8. The van der Waals surface area contributed by atoms with E-state index in [0.29, 0.717) is 18.7 Å². The number of furan rings is 1. The number of hydrogen-bond donors (Lipinski definition) is 0. The molecule has 150 valence electrons. The van der Waals surface area contributed by atoms with Crippen molar-refractivity contribution >= 4 is 5.91 Å². The van der Waals surface area contributed by atoms with E-state index in [1.807, 2.05) is 66.7 Å². The second kappa shape index (κ2) is 9.14. The fourth-order valence-electron chi connectivity index (χ4n) is 3.36. The highest BCUT2D eigenvalue weighted by Gasteiger charge is 2.17. The lowest BCUT2D eigenvalue weighted by molar-refractivity contribution is 0.0717. The van der Waals surface area contributed by atoms with Gasteiger partial charge >= 0.3 is 0 Å². The van der Waals surface area contributed by atoms with E-state index >= 15 is 0 Å². The number of methoxy groups -OCH3 is 1. The maximum Gasteiger partial charge on any atom is 0.254 e. The molecule has 3 aromatic carbocycles. The van der Waals surface area contributed by atoms with Crippen molar-refractivity contribution < 1.29 is 13.9 Å². The molecule has 0 fully saturated rings. The third-order valence-electron chi connectivity index (χ3n) is 4.99. The number of carbonyl (C=O) groups is 1. The molecular weight excluding hydrogens is 374 g/mol. The molecule has 0 atom stereocenters. The van der Waals surface area contributed by atoms with Gasteiger partial charge in [-0.2, -0.15) is 0 Å². The van der Waals surface area contributed by atoms with Gasteiger partial charge in [0.1, 0.15) is 11.5 Å². The van der Waals surface area contributed by atoms with Gasteiger partial charge in [-0.05, 0) is 53.1 Å². The first-order valence-electron chi connectivity index (χ1n) is 9.83. The van der Waals surface area contributed by atoms with Gasteiger partial charge in [-0.25, -0.2) is 0 Å². The molecule has 0 N–H and O–H groups in total. The minimum Gasteiger partial charge on any atom is -0.497 e. The average molecular weight is 397 g/mol. The van der Waals surface area contributed by atoms with Crippen molar-refractivity contribution in [1.29, 1.82) is 0 Å². The first kappa shape index (κ1) is 19.5. The second-order valence-corrected chi connectivity index (χ2v) is 7.03. The van der Waals surface area contributed by atoms with Crippen molar-refractivity contribution in [2.24, 2.45) is 0 Å². The molecule has 0 saturated carbocycles. The third-order valence-corrected chi connectivity index (χ3v) is 4.99. The van der Waals surface area contributed by atoms with Crippen LogP contribution in [-0.4, -0.2) is 17.9 Å². The van der Waals surface area contributed by atoms with Crippen LogP contribution in [0.3, 0.4) is 0 Å². The highest BCUT2D eigenvalue weighted by atomic mass is 16.5. The van der Waals surface area contributed by atoms with Crippen molar-refractivity contribution in [3.63, 3.8) is 0 Å². The van der Waals surface area contributed by atoms with Crippen LogP contribution in [0, 0.1) is 0 Å². The fourth-order valence-corrected chi connectivity index (χ4v) is 3.36. The summed E-state index contributed by atoms with van der Waals surface area (Å²) in [5.74, 6) is 1.57. The second-order valence-electron chi connectivity index (χ2n) is 7.03. The van der Waals surface area contributed by atoms with Crippen LogP contribution < -0.4 is 4.74 Å². The molecule has 0 aliphatic heterocycles. The Kier molecular flexibility index (Phi) is 5.95. The third kappa shape index (κ3) is 4.61. The molecule has 4 rings (SSSR count). The minimum atomic E-state index is -0.0220. The highest BCUT2D eigenvalue weighted by molar-refractivity contribution is 5.94. The van der Waals surface area contributed by atoms with Crippen LogP contribution in [0.15, 0.2) is 102 Å². The topological polar surface area (TPSA) is 42.7 Å². The number of ether oxygens (including phenoxy) is 1. The SMILES string of the molecule is COc1ccc(-c2ccc(CN(Cc3ccco3)C(=O)c3ccccc3)cc2)cc1. The molecule has 4 aromatic rings. The summed E-state index contributed by atoms with van der Waals surface area (Å²) in [5, 5.41) is 0. The van der Waals surface area contributed by atoms with E-state index in [1.165, 1.54) is 0 Å². The van der Waals surface area contributed by atoms with E-state index in [1.54, 1.807) is 18.3 Å². The average Bonchev–Trinajstić information content (AvgIpc) is 3.32. The number of rotatable bonds is 7. The quantitative estimate of drug-likeness (QED) is 0.396. The molecule has 30 heavy (non-hydrogen) atoms. The van der Waals surface area contributed by atoms with Crippen LogP contribution in [-0.2, 0) is 13.1 Å². The smallest absolute Gasteiger partial charge is 0.254 e. The van der Waals surface area contributed by atoms with E-state index in [9.17, 15) is 4.79 Å². The molecule has 1 amide bonds. The standard InChI is InChI=1S/C26H23NO3/c1-29-24-15-13-22(14-16-24)21-11-9-20(10-12-21)18-27(19-25-8-5-17-30-25)26(28)23-6-3-2-4-7-23/h2-17H,18-19H2,1H3. The molecular formula is C26H23NO3. The van der Waals surface area contributed by atoms with Crippen LogP contribution >= 0.6 is 0 Å². The van der Waals surface area contributed by atoms with E-state index in [-0.39, 0.29) is 5.91 Å². The monoisotopic (exact) mass is 397 g/mol. The summed E-state index contributed by atoms with van der Waals surface area (Å²) >= 11 is 0. The molecule has 0 saturated heterocycles. The van der Waals surface area contributed by atoms with Gasteiger partial charge in [-0.1, -0.05) is 54.6 Å². The predicted molar refractivity (Wildman–Crippen MR) is 117 cm³/mol. The largest absolute Gasteiger partial charge is 0.497 e. The van der Waals surface area contributed by atoms with Gasteiger partial charge in [-0.3, -0.25) is 4.79 Å². The Bertz CT molecular complexity index is 1070. The summed E-state index contributed by atoms with van der Waals surface area (Å²) in [5.41, 5.74) is 3.96. The van der Waals surface area contributed by atoms with Crippen LogP contribution in [0.4, 0.5) is 0 Å². The van der Waals surface area contributed by atoms with Crippen molar-refractivity contribution in [3.05, 3.63) is 114 Å². The Labute approximate surface area is 176 Å². The van der Waals surface area contributed by atoms with Crippen molar-refractivity contribution in [2.45, 2.75) is 13.1 Å². The molecule has 0 spiro atoms. The van der Waals surface area contributed by atoms with Crippen molar-refractivity contribution in [2.75, 3.05) is 7.11 Å². The molecule has 1 heterocycles. The maximum absolute atomic E-state index is 13.1. The van der Waals surface area contributed by atoms with Crippen LogP contribution in [0.25, 0.3) is 11.1 Å². The fraction of sp³-hybridized carbons (Fsp3) is 0.115. The Morgan fingerprint density at radius 3 is 2.07 bits per heavy atom. The summed E-state index contributed by atoms with van der Waals surface area (Å²) in [4.78, 5) is 14.9. The Hall–Kier alpha value is -3.79. The molecule has 0 bridgehead atoms. The van der Waals surface area contributed by atoms with Gasteiger partial charge < -0.3 is 14.1 Å². The lowest BCUT2D eigenvalue weighted by Crippen LogP contribution is -2.30. The van der Waals surface area contributed by atoms with Gasteiger partial charge in [0.2, 0.25) is 0 Å². The summed E-state index contributed by atoms with van der Waals surface area (Å²) in [7, 11) is 1.66. The van der Waals surface area contributed by atoms with Crippen molar-refractivity contribution in [1.82, 2.24) is 4.90 Å². The number of carbonyl (C=O) groups excluding carboxylic acids is 1. The van der Waals surface area contributed by atoms with Crippen LogP contribution in [0.5, 0.6) is 5.75 Å². The number of hydrogen-bond acceptors (Lipinski definition) is 3. The Balaban J connectivity index is 1.53. The van der Waals surface area contributed by atoms with Crippen molar-refractivity contribution in [3.8, 4) is 16.9 Å². The predicted octanol–water partition coefficient (Wildman–Crippen LogP) is 5.80. The van der Waals surface area contributed by atoms with Gasteiger partial charge in [0.25, 0.3) is 5.91 Å². The molecule has 4 heteroatoms. The summed E-state index contributed by atoms with van der Waals surface area (Å²) in [6.07, 6.45) is 1.63. The van der Waals surface area contributed by atoms with Gasteiger partial charge in [0.15, 0.2) is 0 Å². The van der Waals surface area contributed by atoms with E-state index in [2.05, 4.69) is 24.3 Å². The first-order chi connectivity index (χ1) is 14.7. The minimum absolute atomic E-state index is 0.0220. The molecule has 0 aliphatic carbocycles. The van der Waals surface area contributed by atoms with E-state index in [0.717, 1.165) is 28.2 Å². The zero-order valence-corrected chi connectivity index (χ0v) is 16.8. The van der Waals surface area contributed by atoms with Crippen LogP contribution in [0.2, 0.25) is 0 Å². The molecule has 0 aliphatic rings. The van der Waals surface area contributed by atoms with Crippen LogP contribution in [0.1, 0.15) is 21.7 Å². The normalized spacial score (nSPS) is 10.6. The highest BCUT2D eigenvalue weighted by Crippen LogP contribution is 2.23. The lowest BCUT2D eigenvalue weighted by Gasteiger charge is -2.22. The Morgan fingerprint density at radius 1 is 0.800 bits per heavy atom. The zero-order chi connectivity index (χ0) is 20.8. The van der Waals surface area contributed by atoms with Gasteiger partial charge in [-0.15, -0.1) is 0 Å². The van der Waals surface area contributed by atoms with E-state index in [4.69, 9.17) is 9.15 Å². The number of nitrogens with zero attached hydrogens (tertiary/aromatic N) is 1. The lowest BCUT2D eigenvalue weighted by atomic mass is 10.0. The first-order valence-corrected chi connectivity index (χ1v) is 9.83. The summed E-state index contributed by atoms with van der Waals surface area (Å²) in [6.45, 7) is 0.915. The van der Waals surface area contributed by atoms with E-state index < -0.39 is 0 Å². The Morgan fingerprint density at radius 2 is 1.47 bits per heavy atom. The number of amides is 1. The number of benzene rings is 3. The molecule has 1 aromatic heterocycles. The summed E-state index contributed by atoms with van der Waals surface area (Å²) < 4.78 is 10.7. The summed E-state index contributed by atoms with van der Waals surface area (Å²) in [6, 6.07) is 29.3. The maximum atomic E-state index is 13.1. The van der Waals surface area contributed by atoms with Gasteiger partial charge in [0.05, 0.1) is 19.9 Å². The molecule has 0 radical (unpaired) electrons. The molecule has 0 unspecified atom stereocenters. The molecule has 4 nitrogen and oxygen atoms in total. The van der Waals surface area contributed by atoms with Gasteiger partial charge in [0, 0.05) is 12.1 Å².